The molecule has 4 nitrogen and oxygen atoms in total. The molecule has 0 unspecified atom stereocenters. The van der Waals surface area contributed by atoms with Crippen molar-refractivity contribution in [1.82, 2.24) is 14.4 Å². The Morgan fingerprint density at radius 3 is 2.56 bits per heavy atom. The number of thiophene rings is 1. The summed E-state index contributed by atoms with van der Waals surface area (Å²) >= 11 is 8.33. The zero-order valence-corrected chi connectivity index (χ0v) is 15.6. The van der Waals surface area contributed by atoms with Gasteiger partial charge in [-0.25, -0.2) is 9.97 Å². The van der Waals surface area contributed by atoms with Crippen LogP contribution < -0.4 is 4.74 Å². The molecule has 3 aromatic heterocycles. The van der Waals surface area contributed by atoms with E-state index >= 15 is 0 Å². The van der Waals surface area contributed by atoms with Gasteiger partial charge in [-0.3, -0.25) is 4.40 Å². The Morgan fingerprint density at radius 1 is 1.16 bits per heavy atom. The molecule has 0 aliphatic rings. The van der Waals surface area contributed by atoms with Crippen LogP contribution >= 0.6 is 22.9 Å². The lowest BCUT2D eigenvalue weighted by Gasteiger charge is -2.05. The van der Waals surface area contributed by atoms with Gasteiger partial charge in [0.1, 0.15) is 5.75 Å². The van der Waals surface area contributed by atoms with Crippen LogP contribution in [0.2, 0.25) is 5.02 Å². The zero-order valence-electron chi connectivity index (χ0n) is 14.1. The predicted octanol–water partition coefficient (Wildman–Crippen LogP) is 5.40. The Bertz CT molecular complexity index is 1070. The summed E-state index contributed by atoms with van der Waals surface area (Å²) in [4.78, 5) is 11.4. The van der Waals surface area contributed by atoms with Gasteiger partial charge < -0.3 is 4.74 Å². The second kappa shape index (κ2) is 6.17. The minimum atomic E-state index is 0.656. The highest BCUT2D eigenvalue weighted by atomic mass is 35.5. The number of rotatable bonds is 3. The maximum Gasteiger partial charge on any atom is 0.234 e. The number of fused-ring (bicyclic) bond motifs is 1. The predicted molar refractivity (Wildman–Crippen MR) is 103 cm³/mol. The van der Waals surface area contributed by atoms with Gasteiger partial charge in [0.25, 0.3) is 0 Å². The fraction of sp³-hybridized carbons (Fsp3) is 0.158. The van der Waals surface area contributed by atoms with Gasteiger partial charge >= 0.3 is 0 Å². The van der Waals surface area contributed by atoms with Crippen molar-refractivity contribution in [2.24, 2.45) is 0 Å². The van der Waals surface area contributed by atoms with Gasteiger partial charge in [-0.1, -0.05) is 11.6 Å². The summed E-state index contributed by atoms with van der Waals surface area (Å²) in [5.41, 5.74) is 3.95. The summed E-state index contributed by atoms with van der Waals surface area (Å²) in [6.45, 7) is 4.14. The number of halogens is 1. The van der Waals surface area contributed by atoms with E-state index in [0.29, 0.717) is 5.78 Å². The van der Waals surface area contributed by atoms with Crippen LogP contribution in [0.3, 0.4) is 0 Å². The molecular weight excluding hydrogens is 354 g/mol. The molecule has 0 fully saturated rings. The Balaban J connectivity index is 2.02. The van der Waals surface area contributed by atoms with Gasteiger partial charge in [-0.15, -0.1) is 11.3 Å². The highest BCUT2D eigenvalue weighted by Gasteiger charge is 2.22. The maximum atomic E-state index is 6.64. The van der Waals surface area contributed by atoms with E-state index in [1.165, 1.54) is 4.88 Å². The van der Waals surface area contributed by atoms with Crippen molar-refractivity contribution in [3.63, 3.8) is 0 Å². The molecule has 0 aliphatic heterocycles. The summed E-state index contributed by atoms with van der Waals surface area (Å²) < 4.78 is 7.26. The number of benzene rings is 1. The van der Waals surface area contributed by atoms with Crippen molar-refractivity contribution in [2.45, 2.75) is 13.8 Å². The first-order valence-corrected chi connectivity index (χ1v) is 9.03. The third kappa shape index (κ3) is 2.60. The average molecular weight is 370 g/mol. The number of imidazole rings is 1. The van der Waals surface area contributed by atoms with Gasteiger partial charge in [0.05, 0.1) is 28.4 Å². The largest absolute Gasteiger partial charge is 0.497 e. The monoisotopic (exact) mass is 369 g/mol. The van der Waals surface area contributed by atoms with Crippen molar-refractivity contribution in [3.05, 3.63) is 58.2 Å². The van der Waals surface area contributed by atoms with Gasteiger partial charge in [-0.05, 0) is 49.7 Å². The zero-order chi connectivity index (χ0) is 17.6. The van der Waals surface area contributed by atoms with Crippen LogP contribution in [0, 0.1) is 13.8 Å². The Hall–Kier alpha value is -2.37. The fourth-order valence-electron chi connectivity index (χ4n) is 2.81. The SMILES string of the molecule is COc1ccc(-c2nc3ncccn3c2-c2sc(C)c(C)c2Cl)cc1. The van der Waals surface area contributed by atoms with Crippen LogP contribution in [0.5, 0.6) is 5.75 Å². The summed E-state index contributed by atoms with van der Waals surface area (Å²) in [7, 11) is 1.66. The van der Waals surface area contributed by atoms with Gasteiger partial charge in [0, 0.05) is 22.8 Å². The molecule has 0 saturated carbocycles. The third-order valence-electron chi connectivity index (χ3n) is 4.29. The topological polar surface area (TPSA) is 39.4 Å². The van der Waals surface area contributed by atoms with Gasteiger partial charge in [0.15, 0.2) is 0 Å². The number of aryl methyl sites for hydroxylation is 1. The number of ether oxygens (including phenoxy) is 1. The molecular formula is C19H16ClN3OS. The van der Waals surface area contributed by atoms with E-state index < -0.39 is 0 Å². The second-order valence-electron chi connectivity index (χ2n) is 5.75. The molecule has 3 heterocycles. The Kier molecular flexibility index (Phi) is 3.98. The van der Waals surface area contributed by atoms with E-state index in [4.69, 9.17) is 21.3 Å². The molecule has 6 heteroatoms. The van der Waals surface area contributed by atoms with E-state index in [1.54, 1.807) is 24.6 Å². The van der Waals surface area contributed by atoms with E-state index in [0.717, 1.165) is 38.2 Å². The van der Waals surface area contributed by atoms with Gasteiger partial charge in [0.2, 0.25) is 5.78 Å². The molecule has 0 saturated heterocycles. The van der Waals surface area contributed by atoms with Crippen molar-refractivity contribution < 1.29 is 4.74 Å². The lowest BCUT2D eigenvalue weighted by atomic mass is 10.1. The van der Waals surface area contributed by atoms with Gasteiger partial charge in [-0.2, -0.15) is 0 Å². The van der Waals surface area contributed by atoms with E-state index in [2.05, 4.69) is 11.9 Å². The van der Waals surface area contributed by atoms with Crippen LogP contribution in [-0.2, 0) is 0 Å². The molecule has 25 heavy (non-hydrogen) atoms. The van der Waals surface area contributed by atoms with Crippen molar-refractivity contribution in [2.75, 3.05) is 7.11 Å². The van der Waals surface area contributed by atoms with Crippen LogP contribution in [0.1, 0.15) is 10.4 Å². The Morgan fingerprint density at radius 2 is 1.92 bits per heavy atom. The molecule has 0 bridgehead atoms. The van der Waals surface area contributed by atoms with Crippen molar-refractivity contribution in [1.29, 1.82) is 0 Å². The first kappa shape index (κ1) is 16.1. The second-order valence-corrected chi connectivity index (χ2v) is 7.36. The Labute approximate surface area is 154 Å². The molecule has 4 aromatic rings. The summed E-state index contributed by atoms with van der Waals surface area (Å²) in [6.07, 6.45) is 3.72. The molecule has 0 spiro atoms. The fourth-order valence-corrected chi connectivity index (χ4v) is 4.30. The van der Waals surface area contributed by atoms with Crippen LogP contribution in [-0.4, -0.2) is 21.5 Å². The van der Waals surface area contributed by atoms with Crippen molar-refractivity contribution >= 4 is 28.7 Å². The molecule has 0 amide bonds. The molecule has 0 radical (unpaired) electrons. The summed E-state index contributed by atoms with van der Waals surface area (Å²) in [6, 6.07) is 9.78. The molecule has 126 valence electrons. The number of hydrogen-bond donors (Lipinski definition) is 0. The average Bonchev–Trinajstić information content (AvgIpc) is 3.14. The quantitative estimate of drug-likeness (QED) is 0.485. The first-order valence-electron chi connectivity index (χ1n) is 7.83. The minimum absolute atomic E-state index is 0.656. The van der Waals surface area contributed by atoms with E-state index in [9.17, 15) is 0 Å². The lowest BCUT2D eigenvalue weighted by Crippen LogP contribution is -1.89. The van der Waals surface area contributed by atoms with Crippen LogP contribution in [0.25, 0.3) is 27.6 Å². The molecule has 0 N–H and O–H groups in total. The smallest absolute Gasteiger partial charge is 0.234 e. The minimum Gasteiger partial charge on any atom is -0.497 e. The normalized spacial score (nSPS) is 11.2. The standard InChI is InChI=1S/C19H16ClN3OS/c1-11-12(2)25-18(15(11)20)17-16(13-5-7-14(24-3)8-6-13)22-19-21-9-4-10-23(17)19/h4-10H,1-3H3. The molecule has 0 atom stereocenters. The number of aromatic nitrogens is 3. The van der Waals surface area contributed by atoms with Crippen LogP contribution in [0.15, 0.2) is 42.7 Å². The molecule has 1 aromatic carbocycles. The first-order chi connectivity index (χ1) is 12.1. The van der Waals surface area contributed by atoms with Crippen LogP contribution in [0.4, 0.5) is 0 Å². The molecule has 0 aliphatic carbocycles. The highest BCUT2D eigenvalue weighted by Crippen LogP contribution is 2.43. The lowest BCUT2D eigenvalue weighted by molar-refractivity contribution is 0.415. The highest BCUT2D eigenvalue weighted by molar-refractivity contribution is 7.16. The molecule has 4 rings (SSSR count). The van der Waals surface area contributed by atoms with E-state index in [-0.39, 0.29) is 0 Å². The summed E-state index contributed by atoms with van der Waals surface area (Å²) in [5.74, 6) is 1.47. The summed E-state index contributed by atoms with van der Waals surface area (Å²) in [5, 5.41) is 0.780. The number of methoxy groups -OCH3 is 1. The maximum absolute atomic E-state index is 6.64. The third-order valence-corrected chi connectivity index (χ3v) is 6.09. The number of hydrogen-bond acceptors (Lipinski definition) is 4. The van der Waals surface area contributed by atoms with E-state index in [1.807, 2.05) is 47.9 Å². The number of nitrogens with zero attached hydrogens (tertiary/aromatic N) is 3. The van der Waals surface area contributed by atoms with Crippen molar-refractivity contribution in [3.8, 4) is 27.6 Å².